The highest BCUT2D eigenvalue weighted by atomic mass is 16.6. The molecule has 1 amide bonds. The topological polar surface area (TPSA) is 160 Å². The third-order valence-corrected chi connectivity index (χ3v) is 7.19. The molecule has 0 saturated heterocycles. The second kappa shape index (κ2) is 12.9. The first kappa shape index (κ1) is 30.5. The summed E-state index contributed by atoms with van der Waals surface area (Å²) >= 11 is 0. The molecular formula is C34H27N5O8. The fraction of sp³-hybridized carbons (Fsp3) is 0.118. The number of aryl methyl sites for hydroxylation is 1. The molecule has 0 bridgehead atoms. The van der Waals surface area contributed by atoms with Crippen LogP contribution in [-0.2, 0) is 4.79 Å². The summed E-state index contributed by atoms with van der Waals surface area (Å²) in [5, 5.41) is 20.1. The van der Waals surface area contributed by atoms with Gasteiger partial charge in [-0.05, 0) is 55.5 Å². The van der Waals surface area contributed by atoms with Crippen LogP contribution in [0, 0.1) is 17.0 Å². The van der Waals surface area contributed by atoms with Gasteiger partial charge in [0.15, 0.2) is 18.1 Å². The molecule has 4 aromatic carbocycles. The Morgan fingerprint density at radius 1 is 1.00 bits per heavy atom. The van der Waals surface area contributed by atoms with Crippen molar-refractivity contribution in [1.29, 1.82) is 0 Å². The number of nitro groups is 1. The molecule has 0 aliphatic heterocycles. The van der Waals surface area contributed by atoms with Crippen molar-refractivity contribution >= 4 is 45.4 Å². The van der Waals surface area contributed by atoms with Crippen molar-refractivity contribution in [3.8, 4) is 28.8 Å². The number of amides is 1. The zero-order valence-electron chi connectivity index (χ0n) is 25.4. The predicted molar refractivity (Wildman–Crippen MR) is 176 cm³/mol. The highest BCUT2D eigenvalue weighted by molar-refractivity contribution is 5.92. The summed E-state index contributed by atoms with van der Waals surface area (Å²) in [6.07, 6.45) is 1.26. The molecule has 6 rings (SSSR count). The number of hydrogen-bond acceptors (Lipinski definition) is 10. The number of nitrogens with one attached hydrogen (secondary N) is 1. The minimum absolute atomic E-state index is 0.0163. The van der Waals surface area contributed by atoms with E-state index in [-0.39, 0.29) is 28.6 Å². The van der Waals surface area contributed by atoms with E-state index >= 15 is 0 Å². The fourth-order valence-electron chi connectivity index (χ4n) is 4.92. The molecule has 0 fully saturated rings. The van der Waals surface area contributed by atoms with E-state index in [1.54, 1.807) is 67.8 Å². The number of aromatic nitrogens is 2. The van der Waals surface area contributed by atoms with E-state index in [4.69, 9.17) is 18.6 Å². The van der Waals surface area contributed by atoms with E-state index in [9.17, 15) is 19.7 Å². The van der Waals surface area contributed by atoms with Crippen LogP contribution in [0.15, 0.2) is 99.2 Å². The Balaban J connectivity index is 1.37. The molecule has 47 heavy (non-hydrogen) atoms. The Bertz CT molecular complexity index is 2240. The van der Waals surface area contributed by atoms with Crippen molar-refractivity contribution in [2.24, 2.45) is 5.10 Å². The van der Waals surface area contributed by atoms with Gasteiger partial charge in [0.1, 0.15) is 11.3 Å². The molecule has 2 aromatic heterocycles. The first-order valence-corrected chi connectivity index (χ1v) is 14.2. The molecule has 0 aliphatic rings. The Morgan fingerprint density at radius 2 is 1.77 bits per heavy atom. The molecule has 0 spiro atoms. The number of para-hydroxylation sites is 1. The van der Waals surface area contributed by atoms with E-state index < -0.39 is 28.7 Å². The summed E-state index contributed by atoms with van der Waals surface area (Å²) in [4.78, 5) is 42.3. The van der Waals surface area contributed by atoms with Gasteiger partial charge in [-0.2, -0.15) is 9.78 Å². The summed E-state index contributed by atoms with van der Waals surface area (Å²) in [6, 6.07) is 23.6. The number of carbonyl (C=O) groups excluding carboxylic acids is 1. The van der Waals surface area contributed by atoms with E-state index in [2.05, 4.69) is 15.4 Å². The lowest BCUT2D eigenvalue weighted by Crippen LogP contribution is -2.21. The van der Waals surface area contributed by atoms with Crippen LogP contribution in [0.5, 0.6) is 17.2 Å². The molecule has 6 aromatic rings. The largest absolute Gasteiger partial charge is 0.496 e. The predicted octanol–water partition coefficient (Wildman–Crippen LogP) is 5.94. The van der Waals surface area contributed by atoms with Crippen LogP contribution < -0.4 is 25.1 Å². The Kier molecular flexibility index (Phi) is 8.35. The molecule has 1 N–H and O–H groups in total. The van der Waals surface area contributed by atoms with Crippen LogP contribution in [0.3, 0.4) is 0 Å². The van der Waals surface area contributed by atoms with Gasteiger partial charge in [0, 0.05) is 17.3 Å². The Morgan fingerprint density at radius 3 is 2.51 bits per heavy atom. The van der Waals surface area contributed by atoms with Crippen molar-refractivity contribution in [3.63, 3.8) is 0 Å². The third-order valence-electron chi connectivity index (χ3n) is 7.19. The SMILES string of the molecule is COc1cc(C=Nn2c(-c3cc4c(OC)cccc4o3)nc3ccccc3c2=O)cc([N+](=O)[O-])c1OCC(=O)Nc1ccc(C)cc1. The first-order valence-electron chi connectivity index (χ1n) is 14.2. The number of benzene rings is 4. The molecule has 0 saturated carbocycles. The number of nitrogens with zero attached hydrogens (tertiary/aromatic N) is 4. The summed E-state index contributed by atoms with van der Waals surface area (Å²) in [5.74, 6) is 0.150. The second-order valence-electron chi connectivity index (χ2n) is 10.3. The van der Waals surface area contributed by atoms with Gasteiger partial charge in [-0.15, -0.1) is 0 Å². The number of methoxy groups -OCH3 is 2. The normalized spacial score (nSPS) is 11.2. The lowest BCUT2D eigenvalue weighted by molar-refractivity contribution is -0.385. The molecule has 0 atom stereocenters. The fourth-order valence-corrected chi connectivity index (χ4v) is 4.92. The molecule has 0 unspecified atom stereocenters. The highest BCUT2D eigenvalue weighted by Gasteiger charge is 2.24. The van der Waals surface area contributed by atoms with Crippen molar-refractivity contribution in [2.45, 2.75) is 6.92 Å². The second-order valence-corrected chi connectivity index (χ2v) is 10.3. The number of nitro benzene ring substituents is 1. The van der Waals surface area contributed by atoms with Crippen molar-refractivity contribution < 1.29 is 28.3 Å². The van der Waals surface area contributed by atoms with E-state index in [1.807, 2.05) is 19.1 Å². The summed E-state index contributed by atoms with van der Waals surface area (Å²) < 4.78 is 23.5. The molecular weight excluding hydrogens is 606 g/mol. The number of fused-ring (bicyclic) bond motifs is 2. The summed E-state index contributed by atoms with van der Waals surface area (Å²) in [6.45, 7) is 1.41. The number of anilines is 1. The van der Waals surface area contributed by atoms with Crippen LogP contribution in [0.1, 0.15) is 11.1 Å². The average Bonchev–Trinajstić information content (AvgIpc) is 3.52. The molecule has 236 valence electrons. The molecule has 13 nitrogen and oxygen atoms in total. The number of furan rings is 1. The van der Waals surface area contributed by atoms with Crippen LogP contribution in [0.2, 0.25) is 0 Å². The van der Waals surface area contributed by atoms with Crippen LogP contribution in [-0.4, -0.2) is 47.5 Å². The quantitative estimate of drug-likeness (QED) is 0.109. The average molecular weight is 634 g/mol. The first-order chi connectivity index (χ1) is 22.7. The van der Waals surface area contributed by atoms with E-state index in [0.717, 1.165) is 10.2 Å². The number of ether oxygens (including phenoxy) is 3. The molecule has 0 radical (unpaired) electrons. The minimum atomic E-state index is -0.663. The lowest BCUT2D eigenvalue weighted by Gasteiger charge is -2.12. The zero-order chi connectivity index (χ0) is 33.1. The molecule has 0 aliphatic carbocycles. The van der Waals surface area contributed by atoms with Gasteiger partial charge in [0.05, 0.1) is 41.6 Å². The lowest BCUT2D eigenvalue weighted by atomic mass is 10.2. The van der Waals surface area contributed by atoms with Crippen LogP contribution in [0.4, 0.5) is 11.4 Å². The monoisotopic (exact) mass is 633 g/mol. The van der Waals surface area contributed by atoms with Crippen LogP contribution in [0.25, 0.3) is 33.5 Å². The van der Waals surface area contributed by atoms with Gasteiger partial charge >= 0.3 is 5.69 Å². The maximum absolute atomic E-state index is 13.7. The van der Waals surface area contributed by atoms with Gasteiger partial charge < -0.3 is 23.9 Å². The summed E-state index contributed by atoms with van der Waals surface area (Å²) in [5.41, 5.74) is 1.77. The van der Waals surface area contributed by atoms with Crippen molar-refractivity contribution in [2.75, 3.05) is 26.1 Å². The Labute approximate surface area is 266 Å². The van der Waals surface area contributed by atoms with Gasteiger partial charge in [-0.25, -0.2) is 4.98 Å². The van der Waals surface area contributed by atoms with E-state index in [0.29, 0.717) is 33.3 Å². The maximum Gasteiger partial charge on any atom is 0.315 e. The number of carbonyl (C=O) groups is 1. The van der Waals surface area contributed by atoms with Gasteiger partial charge in [-0.1, -0.05) is 35.9 Å². The van der Waals surface area contributed by atoms with Crippen LogP contribution >= 0.6 is 0 Å². The Hall–Kier alpha value is -6.50. The van der Waals surface area contributed by atoms with Crippen molar-refractivity contribution in [3.05, 3.63) is 117 Å². The van der Waals surface area contributed by atoms with E-state index in [1.165, 1.54) is 25.5 Å². The number of rotatable bonds is 10. The maximum atomic E-state index is 13.7. The smallest absolute Gasteiger partial charge is 0.315 e. The standard InChI is InChI=1S/C34H27N5O8/c1-20-11-13-22(14-12-20)36-31(40)19-46-32-26(39(42)43)15-21(16-29(32)45-3)18-35-38-33(37-25-8-5-4-7-23(25)34(38)41)30-17-24-27(44-2)9-6-10-28(24)47-30/h4-18H,19H2,1-3H3,(H,36,40). The van der Waals surface area contributed by atoms with Gasteiger partial charge in [0.25, 0.3) is 11.5 Å². The van der Waals surface area contributed by atoms with Crippen molar-refractivity contribution in [1.82, 2.24) is 9.66 Å². The highest BCUT2D eigenvalue weighted by Crippen LogP contribution is 2.38. The summed E-state index contributed by atoms with van der Waals surface area (Å²) in [7, 11) is 2.85. The number of hydrogen-bond donors (Lipinski definition) is 1. The molecule has 13 heteroatoms. The van der Waals surface area contributed by atoms with Gasteiger partial charge in [0.2, 0.25) is 11.6 Å². The minimum Gasteiger partial charge on any atom is -0.496 e. The van der Waals surface area contributed by atoms with Gasteiger partial charge in [-0.3, -0.25) is 19.7 Å². The zero-order valence-corrected chi connectivity index (χ0v) is 25.4. The molecule has 2 heterocycles. The third kappa shape index (κ3) is 6.22.